The van der Waals surface area contributed by atoms with E-state index in [0.29, 0.717) is 5.41 Å². The topological polar surface area (TPSA) is 0 Å². The Morgan fingerprint density at radius 1 is 0.654 bits per heavy atom. The van der Waals surface area contributed by atoms with Gasteiger partial charge in [-0.15, -0.1) is 0 Å². The van der Waals surface area contributed by atoms with E-state index in [0.717, 1.165) is 35.5 Å². The van der Waals surface area contributed by atoms with Crippen molar-refractivity contribution in [1.29, 1.82) is 0 Å². The SMILES string of the molecule is C1=C([C]2CCCC2(C2=CC3CCC2C3)C2=CC3CCC2C3)C2CCC1C2. The molecule has 0 aromatic carbocycles. The van der Waals surface area contributed by atoms with Gasteiger partial charge in [-0.05, 0) is 106 Å². The van der Waals surface area contributed by atoms with Crippen molar-refractivity contribution >= 4 is 0 Å². The average molecular weight is 346 g/mol. The molecule has 0 spiro atoms. The molecule has 0 aliphatic heterocycles. The average Bonchev–Trinajstić information content (AvgIpc) is 3.49. The van der Waals surface area contributed by atoms with Gasteiger partial charge in [-0.2, -0.15) is 0 Å². The summed E-state index contributed by atoms with van der Waals surface area (Å²) < 4.78 is 0. The van der Waals surface area contributed by atoms with E-state index < -0.39 is 0 Å². The van der Waals surface area contributed by atoms with Crippen molar-refractivity contribution in [2.75, 3.05) is 0 Å². The van der Waals surface area contributed by atoms with Crippen molar-refractivity contribution in [3.8, 4) is 0 Å². The highest BCUT2D eigenvalue weighted by Crippen LogP contribution is 2.69. The van der Waals surface area contributed by atoms with Crippen LogP contribution in [0.15, 0.2) is 34.9 Å². The molecule has 0 aromatic rings. The van der Waals surface area contributed by atoms with Gasteiger partial charge in [0.1, 0.15) is 0 Å². The third-order valence-electron chi connectivity index (χ3n) is 9.81. The van der Waals surface area contributed by atoms with Crippen LogP contribution in [0, 0.1) is 46.8 Å². The number of hydrogen-bond acceptors (Lipinski definition) is 0. The normalized spacial score (nSPS) is 51.5. The molecule has 0 saturated heterocycles. The molecule has 7 aliphatic carbocycles. The monoisotopic (exact) mass is 345 g/mol. The maximum absolute atomic E-state index is 2.82. The van der Waals surface area contributed by atoms with Crippen LogP contribution < -0.4 is 0 Å². The summed E-state index contributed by atoms with van der Waals surface area (Å²) >= 11 is 0. The van der Waals surface area contributed by atoms with Crippen LogP contribution in [0.1, 0.15) is 77.0 Å². The third kappa shape index (κ3) is 1.83. The summed E-state index contributed by atoms with van der Waals surface area (Å²) in [5.74, 6) is 7.57. The van der Waals surface area contributed by atoms with Gasteiger partial charge in [0.05, 0.1) is 0 Å². The second-order valence-corrected chi connectivity index (χ2v) is 10.9. The van der Waals surface area contributed by atoms with Crippen LogP contribution in [-0.2, 0) is 0 Å². The zero-order valence-corrected chi connectivity index (χ0v) is 16.2. The highest BCUT2D eigenvalue weighted by molar-refractivity contribution is 5.54. The Morgan fingerprint density at radius 3 is 1.69 bits per heavy atom. The van der Waals surface area contributed by atoms with E-state index in [9.17, 15) is 0 Å². The quantitative estimate of drug-likeness (QED) is 0.493. The predicted molar refractivity (Wildman–Crippen MR) is 106 cm³/mol. The molecule has 0 nitrogen and oxygen atoms in total. The van der Waals surface area contributed by atoms with Gasteiger partial charge in [-0.3, -0.25) is 0 Å². The van der Waals surface area contributed by atoms with Crippen LogP contribution in [0.3, 0.4) is 0 Å². The van der Waals surface area contributed by atoms with Gasteiger partial charge in [0.25, 0.3) is 0 Å². The molecule has 26 heavy (non-hydrogen) atoms. The molecule has 0 heteroatoms. The summed E-state index contributed by atoms with van der Waals surface area (Å²) in [6.07, 6.45) is 26.2. The minimum absolute atomic E-state index is 0.413. The van der Waals surface area contributed by atoms with E-state index in [-0.39, 0.29) is 0 Å². The maximum atomic E-state index is 2.82. The molecule has 0 heterocycles. The highest BCUT2D eigenvalue weighted by Gasteiger charge is 2.58. The molecule has 6 bridgehead atoms. The summed E-state index contributed by atoms with van der Waals surface area (Å²) in [6.45, 7) is 0. The summed E-state index contributed by atoms with van der Waals surface area (Å²) in [4.78, 5) is 0. The summed E-state index contributed by atoms with van der Waals surface area (Å²) in [5, 5.41) is 0. The van der Waals surface area contributed by atoms with E-state index >= 15 is 0 Å². The number of fused-ring (bicyclic) bond motifs is 6. The first-order valence-corrected chi connectivity index (χ1v) is 11.8. The minimum atomic E-state index is 0.413. The van der Waals surface area contributed by atoms with Crippen LogP contribution in [-0.4, -0.2) is 0 Å². The fraction of sp³-hybridized carbons (Fsp3) is 0.731. The summed E-state index contributed by atoms with van der Waals surface area (Å²) in [6, 6.07) is 0. The Bertz CT molecular complexity index is 697. The van der Waals surface area contributed by atoms with Gasteiger partial charge in [0, 0.05) is 11.3 Å². The Hall–Kier alpha value is -0.780. The van der Waals surface area contributed by atoms with Gasteiger partial charge in [0.2, 0.25) is 0 Å². The second kappa shape index (κ2) is 5.18. The molecule has 7 rings (SSSR count). The van der Waals surface area contributed by atoms with Crippen molar-refractivity contribution in [2.24, 2.45) is 40.9 Å². The summed E-state index contributed by atoms with van der Waals surface area (Å²) in [5.41, 5.74) is 6.19. The van der Waals surface area contributed by atoms with Crippen LogP contribution in [0.25, 0.3) is 0 Å². The van der Waals surface area contributed by atoms with Crippen molar-refractivity contribution in [2.45, 2.75) is 77.0 Å². The molecule has 0 amide bonds. The molecule has 4 saturated carbocycles. The zero-order valence-electron chi connectivity index (χ0n) is 16.2. The van der Waals surface area contributed by atoms with Crippen molar-refractivity contribution in [3.63, 3.8) is 0 Å². The standard InChI is InChI=1S/C26H33/c1-2-23(22-13-16-3-6-19(22)10-16)26(9-1,24-14-17-4-7-20(24)11-17)25-15-18-5-8-21(25)12-18/h13-21H,1-12H2. The van der Waals surface area contributed by atoms with E-state index in [2.05, 4.69) is 18.2 Å². The molecule has 0 aromatic heterocycles. The maximum Gasteiger partial charge on any atom is 0.0228 e. The number of allylic oxidation sites excluding steroid dienone is 6. The molecule has 137 valence electrons. The van der Waals surface area contributed by atoms with Gasteiger partial charge in [-0.25, -0.2) is 0 Å². The molecule has 1 radical (unpaired) electrons. The van der Waals surface area contributed by atoms with Crippen molar-refractivity contribution in [1.82, 2.24) is 0 Å². The smallest absolute Gasteiger partial charge is 0.0228 e. The lowest BCUT2D eigenvalue weighted by Crippen LogP contribution is -2.35. The number of rotatable bonds is 3. The fourth-order valence-corrected chi connectivity index (χ4v) is 8.94. The summed E-state index contributed by atoms with van der Waals surface area (Å²) in [7, 11) is 0. The van der Waals surface area contributed by atoms with Gasteiger partial charge in [0.15, 0.2) is 0 Å². The van der Waals surface area contributed by atoms with E-state index in [4.69, 9.17) is 0 Å². The van der Waals surface area contributed by atoms with Gasteiger partial charge < -0.3 is 0 Å². The first-order chi connectivity index (χ1) is 12.8. The van der Waals surface area contributed by atoms with Crippen molar-refractivity contribution in [3.05, 3.63) is 40.9 Å². The van der Waals surface area contributed by atoms with E-state index in [1.807, 2.05) is 22.6 Å². The zero-order chi connectivity index (χ0) is 16.9. The second-order valence-electron chi connectivity index (χ2n) is 10.9. The molecule has 0 N–H and O–H groups in total. The largest absolute Gasteiger partial charge is 0.0813 e. The van der Waals surface area contributed by atoms with Crippen LogP contribution >= 0.6 is 0 Å². The first kappa shape index (κ1) is 15.2. The van der Waals surface area contributed by atoms with Crippen LogP contribution in [0.5, 0.6) is 0 Å². The molecule has 6 unspecified atom stereocenters. The van der Waals surface area contributed by atoms with Crippen LogP contribution in [0.4, 0.5) is 0 Å². The Morgan fingerprint density at radius 2 is 1.23 bits per heavy atom. The first-order valence-electron chi connectivity index (χ1n) is 11.8. The molecular formula is C26H33. The Kier molecular flexibility index (Phi) is 3.02. The van der Waals surface area contributed by atoms with Crippen molar-refractivity contribution < 1.29 is 0 Å². The van der Waals surface area contributed by atoms with Crippen LogP contribution in [0.2, 0.25) is 0 Å². The molecular weight excluding hydrogens is 312 g/mol. The fourth-order valence-electron chi connectivity index (χ4n) is 8.94. The lowest BCUT2D eigenvalue weighted by molar-refractivity contribution is 0.374. The lowest BCUT2D eigenvalue weighted by Gasteiger charge is -2.45. The molecule has 7 aliphatic rings. The van der Waals surface area contributed by atoms with Gasteiger partial charge in [-0.1, -0.05) is 41.4 Å². The minimum Gasteiger partial charge on any atom is -0.0813 e. The molecule has 6 atom stereocenters. The molecule has 4 fully saturated rings. The lowest BCUT2D eigenvalue weighted by atomic mass is 9.58. The van der Waals surface area contributed by atoms with E-state index in [1.54, 1.807) is 0 Å². The number of hydrogen-bond donors (Lipinski definition) is 0. The van der Waals surface area contributed by atoms with Gasteiger partial charge >= 0.3 is 0 Å². The Balaban J connectivity index is 1.38. The predicted octanol–water partition coefficient (Wildman–Crippen LogP) is 6.80. The Labute approximate surface area is 159 Å². The third-order valence-corrected chi connectivity index (χ3v) is 9.81. The highest BCUT2D eigenvalue weighted by atomic mass is 14.6. The van der Waals surface area contributed by atoms with E-state index in [1.165, 1.54) is 77.0 Å².